The molecule has 2 amide bonds. The van der Waals surface area contributed by atoms with Gasteiger partial charge in [0.25, 0.3) is 0 Å². The van der Waals surface area contributed by atoms with Crippen LogP contribution in [0.25, 0.3) is 0 Å². The fourth-order valence-corrected chi connectivity index (χ4v) is 2.77. The zero-order chi connectivity index (χ0) is 13.8. The number of anilines is 1. The molecular formula is C13H16Cl2N2O2. The molecule has 1 fully saturated rings. The first-order valence-electron chi connectivity index (χ1n) is 6.26. The summed E-state index contributed by atoms with van der Waals surface area (Å²) in [5.41, 5.74) is 0.528. The number of aliphatic hydroxyl groups excluding tert-OH is 1. The molecule has 0 spiro atoms. The molecule has 0 aliphatic heterocycles. The Bertz CT molecular complexity index is 448. The highest BCUT2D eigenvalue weighted by molar-refractivity contribution is 6.35. The zero-order valence-electron chi connectivity index (χ0n) is 10.3. The van der Waals surface area contributed by atoms with Crippen LogP contribution in [-0.2, 0) is 0 Å². The predicted molar refractivity (Wildman–Crippen MR) is 76.9 cm³/mol. The van der Waals surface area contributed by atoms with Gasteiger partial charge in [-0.3, -0.25) is 0 Å². The van der Waals surface area contributed by atoms with E-state index in [-0.39, 0.29) is 12.1 Å². The van der Waals surface area contributed by atoms with E-state index >= 15 is 0 Å². The van der Waals surface area contributed by atoms with Crippen molar-refractivity contribution in [3.63, 3.8) is 0 Å². The van der Waals surface area contributed by atoms with Crippen LogP contribution in [0.2, 0.25) is 10.0 Å². The van der Waals surface area contributed by atoms with Gasteiger partial charge in [-0.1, -0.05) is 36.0 Å². The summed E-state index contributed by atoms with van der Waals surface area (Å²) in [6.07, 6.45) is 3.08. The van der Waals surface area contributed by atoms with Crippen molar-refractivity contribution >= 4 is 34.9 Å². The van der Waals surface area contributed by atoms with E-state index in [1.807, 2.05) is 0 Å². The summed E-state index contributed by atoms with van der Waals surface area (Å²) < 4.78 is 0. The second kappa shape index (κ2) is 6.46. The number of hydrogen-bond acceptors (Lipinski definition) is 2. The lowest BCUT2D eigenvalue weighted by Gasteiger charge is -2.28. The summed E-state index contributed by atoms with van der Waals surface area (Å²) in [6, 6.07) is 4.28. The Morgan fingerprint density at radius 1 is 1.16 bits per heavy atom. The van der Waals surface area contributed by atoms with Gasteiger partial charge in [-0.05, 0) is 31.0 Å². The van der Waals surface area contributed by atoms with Gasteiger partial charge in [-0.15, -0.1) is 0 Å². The largest absolute Gasteiger partial charge is 0.391 e. The smallest absolute Gasteiger partial charge is 0.319 e. The highest BCUT2D eigenvalue weighted by atomic mass is 35.5. The standard InChI is InChI=1S/C13H16Cl2N2O2/c14-8-5-9(15)7-10(6-8)16-13(19)17-11-3-1-2-4-12(11)18/h5-7,11-12,18H,1-4H2,(H2,16,17,19)/t11-,12-/m0/s1. The molecule has 6 heteroatoms. The molecule has 0 aromatic heterocycles. The first kappa shape index (κ1) is 14.4. The minimum Gasteiger partial charge on any atom is -0.391 e. The fourth-order valence-electron chi connectivity index (χ4n) is 2.24. The van der Waals surface area contributed by atoms with Gasteiger partial charge in [-0.2, -0.15) is 0 Å². The van der Waals surface area contributed by atoms with Gasteiger partial charge in [-0.25, -0.2) is 4.79 Å². The van der Waals surface area contributed by atoms with Crippen molar-refractivity contribution in [2.24, 2.45) is 0 Å². The van der Waals surface area contributed by atoms with Crippen LogP contribution in [0, 0.1) is 0 Å². The summed E-state index contributed by atoms with van der Waals surface area (Å²) >= 11 is 11.7. The van der Waals surface area contributed by atoms with E-state index < -0.39 is 6.10 Å². The number of benzene rings is 1. The Kier molecular flexibility index (Phi) is 4.91. The second-order valence-corrected chi connectivity index (χ2v) is 5.59. The van der Waals surface area contributed by atoms with Gasteiger partial charge in [0.1, 0.15) is 0 Å². The second-order valence-electron chi connectivity index (χ2n) is 4.71. The van der Waals surface area contributed by atoms with Crippen molar-refractivity contribution in [3.05, 3.63) is 28.2 Å². The molecule has 4 nitrogen and oxygen atoms in total. The lowest BCUT2D eigenvalue weighted by molar-refractivity contribution is 0.0955. The van der Waals surface area contributed by atoms with Gasteiger partial charge in [0, 0.05) is 15.7 Å². The number of urea groups is 1. The summed E-state index contributed by atoms with van der Waals surface area (Å²) in [4.78, 5) is 11.8. The van der Waals surface area contributed by atoms with E-state index in [1.54, 1.807) is 18.2 Å². The van der Waals surface area contributed by atoms with E-state index in [2.05, 4.69) is 10.6 Å². The highest BCUT2D eigenvalue weighted by Crippen LogP contribution is 2.23. The average Bonchev–Trinajstić information content (AvgIpc) is 2.30. The number of carbonyl (C=O) groups excluding carboxylic acids is 1. The molecule has 0 unspecified atom stereocenters. The van der Waals surface area contributed by atoms with Crippen LogP contribution >= 0.6 is 23.2 Å². The Hall–Kier alpha value is -0.970. The SMILES string of the molecule is O=C(Nc1cc(Cl)cc(Cl)c1)N[C@H]1CCCC[C@@H]1O. The maximum Gasteiger partial charge on any atom is 0.319 e. The molecule has 1 aromatic carbocycles. The van der Waals surface area contributed by atoms with Gasteiger partial charge in [0.05, 0.1) is 12.1 Å². The van der Waals surface area contributed by atoms with Crippen LogP contribution in [0.4, 0.5) is 10.5 Å². The van der Waals surface area contributed by atoms with E-state index in [1.165, 1.54) is 0 Å². The maximum atomic E-state index is 11.8. The third kappa shape index (κ3) is 4.27. The van der Waals surface area contributed by atoms with Crippen molar-refractivity contribution in [3.8, 4) is 0 Å². The average molecular weight is 303 g/mol. The van der Waals surface area contributed by atoms with Crippen molar-refractivity contribution < 1.29 is 9.90 Å². The van der Waals surface area contributed by atoms with Crippen molar-refractivity contribution in [1.82, 2.24) is 5.32 Å². The molecule has 104 valence electrons. The third-order valence-electron chi connectivity index (χ3n) is 3.17. The summed E-state index contributed by atoms with van der Waals surface area (Å²) in [6.45, 7) is 0. The normalized spacial score (nSPS) is 22.9. The third-order valence-corrected chi connectivity index (χ3v) is 3.60. The molecule has 1 aliphatic rings. The van der Waals surface area contributed by atoms with Crippen LogP contribution in [0.5, 0.6) is 0 Å². The lowest BCUT2D eigenvalue weighted by atomic mass is 9.93. The summed E-state index contributed by atoms with van der Waals surface area (Å²) in [5, 5.41) is 16.1. The topological polar surface area (TPSA) is 61.4 Å². The Labute approximate surface area is 122 Å². The first-order chi connectivity index (χ1) is 9.04. The number of halogens is 2. The quantitative estimate of drug-likeness (QED) is 0.784. The van der Waals surface area contributed by atoms with Crippen LogP contribution in [-0.4, -0.2) is 23.3 Å². The molecule has 1 aliphatic carbocycles. The number of carbonyl (C=O) groups is 1. The molecule has 3 N–H and O–H groups in total. The molecule has 1 aromatic rings. The van der Waals surface area contributed by atoms with Crippen LogP contribution in [0.1, 0.15) is 25.7 Å². The molecule has 2 atom stereocenters. The van der Waals surface area contributed by atoms with Crippen molar-refractivity contribution in [1.29, 1.82) is 0 Å². The van der Waals surface area contributed by atoms with Gasteiger partial charge >= 0.3 is 6.03 Å². The Morgan fingerprint density at radius 2 is 1.79 bits per heavy atom. The van der Waals surface area contributed by atoms with E-state index in [0.717, 1.165) is 25.7 Å². The van der Waals surface area contributed by atoms with Crippen LogP contribution in [0.15, 0.2) is 18.2 Å². The van der Waals surface area contributed by atoms with E-state index in [0.29, 0.717) is 15.7 Å². The number of nitrogens with one attached hydrogen (secondary N) is 2. The van der Waals surface area contributed by atoms with E-state index in [4.69, 9.17) is 23.2 Å². The number of rotatable bonds is 2. The van der Waals surface area contributed by atoms with Crippen molar-refractivity contribution in [2.45, 2.75) is 37.8 Å². The lowest BCUT2D eigenvalue weighted by Crippen LogP contribution is -2.46. The molecule has 0 heterocycles. The fraction of sp³-hybridized carbons (Fsp3) is 0.462. The summed E-state index contributed by atoms with van der Waals surface area (Å²) in [5.74, 6) is 0. The predicted octanol–water partition coefficient (Wildman–Crippen LogP) is 3.42. The maximum absolute atomic E-state index is 11.8. The minimum atomic E-state index is -0.470. The molecule has 0 radical (unpaired) electrons. The molecule has 0 saturated heterocycles. The monoisotopic (exact) mass is 302 g/mol. The first-order valence-corrected chi connectivity index (χ1v) is 7.02. The van der Waals surface area contributed by atoms with Gasteiger partial charge in [0.2, 0.25) is 0 Å². The highest BCUT2D eigenvalue weighted by Gasteiger charge is 2.24. The number of hydrogen-bond donors (Lipinski definition) is 3. The van der Waals surface area contributed by atoms with Crippen LogP contribution in [0.3, 0.4) is 0 Å². The Morgan fingerprint density at radius 3 is 2.42 bits per heavy atom. The zero-order valence-corrected chi connectivity index (χ0v) is 11.8. The van der Waals surface area contributed by atoms with Gasteiger partial charge in [0.15, 0.2) is 0 Å². The number of amides is 2. The number of aliphatic hydroxyl groups is 1. The van der Waals surface area contributed by atoms with E-state index in [9.17, 15) is 9.90 Å². The van der Waals surface area contributed by atoms with Crippen LogP contribution < -0.4 is 10.6 Å². The van der Waals surface area contributed by atoms with Crippen molar-refractivity contribution in [2.75, 3.05) is 5.32 Å². The Balaban J connectivity index is 1.93. The molecule has 19 heavy (non-hydrogen) atoms. The molecule has 2 rings (SSSR count). The minimum absolute atomic E-state index is 0.191. The molecule has 1 saturated carbocycles. The summed E-state index contributed by atoms with van der Waals surface area (Å²) in [7, 11) is 0. The molecular weight excluding hydrogens is 287 g/mol. The van der Waals surface area contributed by atoms with Gasteiger partial charge < -0.3 is 15.7 Å². The molecule has 0 bridgehead atoms.